The number of carbonyl (C=O) groups is 3. The number of aryl methyl sites for hydroxylation is 1. The molecule has 1 aromatic heterocycles. The van der Waals surface area contributed by atoms with E-state index in [-0.39, 0.29) is 41.3 Å². The summed E-state index contributed by atoms with van der Waals surface area (Å²) in [5.74, 6) is -4.32. The molecule has 0 bridgehead atoms. The summed E-state index contributed by atoms with van der Waals surface area (Å²) in [7, 11) is 2.71. The number of hydrogen-bond donors (Lipinski definition) is 1. The van der Waals surface area contributed by atoms with Crippen molar-refractivity contribution in [3.05, 3.63) is 68.4 Å². The highest BCUT2D eigenvalue weighted by Gasteiger charge is 2.48. The third-order valence-corrected chi connectivity index (χ3v) is 6.75. The van der Waals surface area contributed by atoms with Crippen LogP contribution in [0.2, 0.25) is 0 Å². The number of ether oxygens (including phenoxy) is 3. The Bertz CT molecular complexity index is 1370. The van der Waals surface area contributed by atoms with Crippen LogP contribution in [0.5, 0.6) is 0 Å². The highest BCUT2D eigenvalue weighted by molar-refractivity contribution is 6.12. The second kappa shape index (κ2) is 10.1. The van der Waals surface area contributed by atoms with Gasteiger partial charge in [0.2, 0.25) is 0 Å². The molecule has 1 aliphatic carbocycles. The number of ketones is 1. The summed E-state index contributed by atoms with van der Waals surface area (Å²) in [5.41, 5.74) is 2.30. The van der Waals surface area contributed by atoms with Crippen LogP contribution >= 0.6 is 0 Å². The zero-order valence-corrected chi connectivity index (χ0v) is 20.9. The van der Waals surface area contributed by atoms with E-state index in [2.05, 4.69) is 5.32 Å². The molecule has 0 saturated heterocycles. The third kappa shape index (κ3) is 4.35. The summed E-state index contributed by atoms with van der Waals surface area (Å²) in [4.78, 5) is 53.4. The number of dihydropyridines is 1. The molecular weight excluding hydrogens is 466 g/mol. The predicted molar refractivity (Wildman–Crippen MR) is 130 cm³/mol. The Morgan fingerprint density at radius 1 is 1.14 bits per heavy atom. The van der Waals surface area contributed by atoms with Gasteiger partial charge >= 0.3 is 11.9 Å². The number of carbonyl (C=O) groups excluding carboxylic acids is 3. The van der Waals surface area contributed by atoms with Gasteiger partial charge in [-0.3, -0.25) is 14.4 Å². The van der Waals surface area contributed by atoms with Crippen LogP contribution in [0.3, 0.4) is 0 Å². The van der Waals surface area contributed by atoms with Gasteiger partial charge in [-0.1, -0.05) is 18.6 Å². The maximum Gasteiger partial charge on any atom is 0.336 e. The van der Waals surface area contributed by atoms with Crippen LogP contribution < -0.4 is 10.7 Å². The van der Waals surface area contributed by atoms with Crippen LogP contribution in [0.4, 0.5) is 0 Å². The molecule has 2 aromatic rings. The average molecular weight is 496 g/mol. The highest BCUT2D eigenvalue weighted by Crippen LogP contribution is 2.45. The fourth-order valence-electron chi connectivity index (χ4n) is 5.02. The van der Waals surface area contributed by atoms with E-state index in [1.54, 1.807) is 26.0 Å². The maximum absolute atomic E-state index is 13.8. The number of rotatable bonds is 6. The first-order chi connectivity index (χ1) is 17.2. The molecule has 9 nitrogen and oxygen atoms in total. The minimum atomic E-state index is -1.08. The molecule has 9 heteroatoms. The number of nitrogens with one attached hydrogen (secondary N) is 1. The molecule has 190 valence electrons. The topological polar surface area (TPSA) is 121 Å². The zero-order valence-electron chi connectivity index (χ0n) is 20.9. The van der Waals surface area contributed by atoms with Crippen molar-refractivity contribution >= 4 is 28.7 Å². The van der Waals surface area contributed by atoms with E-state index < -0.39 is 29.6 Å². The van der Waals surface area contributed by atoms with E-state index in [0.29, 0.717) is 28.8 Å². The molecule has 0 radical (unpaired) electrons. The molecule has 1 N–H and O–H groups in total. The predicted octanol–water partition coefficient (Wildman–Crippen LogP) is 2.90. The molecule has 2 aliphatic rings. The van der Waals surface area contributed by atoms with E-state index in [0.717, 1.165) is 5.56 Å². The van der Waals surface area contributed by atoms with E-state index >= 15 is 0 Å². The number of Topliss-reactive ketones (excluding diaryl/α,β-unsaturated/α-hetero) is 1. The minimum absolute atomic E-state index is 0.00791. The Kier molecular flexibility index (Phi) is 7.12. The molecule has 2 heterocycles. The first-order valence-corrected chi connectivity index (χ1v) is 11.7. The fraction of sp³-hybridized carbons (Fsp3) is 0.407. The maximum atomic E-state index is 13.8. The van der Waals surface area contributed by atoms with Gasteiger partial charge in [0.05, 0.1) is 36.9 Å². The SMILES string of the molecule is COCCOC(=O)C1=C(C)NC2=C(C(=O)[C@H](C(=O)OC)[C@H](C)C2)[C@H]1c1coc2ccc(C)cc2c1=O. The van der Waals surface area contributed by atoms with Gasteiger partial charge in [0.25, 0.3) is 0 Å². The lowest BCUT2D eigenvalue weighted by Crippen LogP contribution is -2.44. The number of allylic oxidation sites excluding steroid dienone is 3. The van der Waals surface area contributed by atoms with E-state index in [4.69, 9.17) is 18.6 Å². The van der Waals surface area contributed by atoms with Crippen LogP contribution in [0.25, 0.3) is 11.0 Å². The molecule has 0 unspecified atom stereocenters. The summed E-state index contributed by atoms with van der Waals surface area (Å²) < 4.78 is 21.1. The number of benzene rings is 1. The number of hydrogen-bond acceptors (Lipinski definition) is 9. The number of esters is 2. The van der Waals surface area contributed by atoms with Gasteiger partial charge in [-0.25, -0.2) is 4.79 Å². The standard InChI is InChI=1S/C27H29NO8/c1-13-6-7-19-16(10-13)24(29)17(12-36-19)22-21(27(32)35-9-8-33-4)15(3)28-18-11-14(2)20(26(31)34-5)25(30)23(18)22/h6-7,10,12,14,20,22,28H,8-9,11H2,1-5H3/t14-,20-,22+/m1/s1. The second-order valence-electron chi connectivity index (χ2n) is 9.18. The van der Waals surface area contributed by atoms with Gasteiger partial charge in [0, 0.05) is 29.6 Å². The molecule has 0 amide bonds. The Morgan fingerprint density at radius 2 is 1.89 bits per heavy atom. The molecule has 3 atom stereocenters. The first-order valence-electron chi connectivity index (χ1n) is 11.7. The van der Waals surface area contributed by atoms with Crippen LogP contribution in [-0.4, -0.2) is 45.2 Å². The van der Waals surface area contributed by atoms with Crippen molar-refractivity contribution in [2.24, 2.45) is 11.8 Å². The molecular formula is C27H29NO8. The largest absolute Gasteiger partial charge is 0.468 e. The fourth-order valence-corrected chi connectivity index (χ4v) is 5.02. The van der Waals surface area contributed by atoms with E-state index in [1.807, 2.05) is 13.0 Å². The highest BCUT2D eigenvalue weighted by atomic mass is 16.6. The van der Waals surface area contributed by atoms with Crippen molar-refractivity contribution in [2.75, 3.05) is 27.4 Å². The third-order valence-electron chi connectivity index (χ3n) is 6.75. The summed E-state index contributed by atoms with van der Waals surface area (Å²) >= 11 is 0. The summed E-state index contributed by atoms with van der Waals surface area (Å²) in [6.45, 7) is 5.51. The van der Waals surface area contributed by atoms with Gasteiger partial charge in [-0.15, -0.1) is 0 Å². The summed E-state index contributed by atoms with van der Waals surface area (Å²) in [6.07, 6.45) is 1.65. The van der Waals surface area contributed by atoms with Crippen LogP contribution in [0, 0.1) is 18.8 Å². The van der Waals surface area contributed by atoms with Crippen molar-refractivity contribution in [1.29, 1.82) is 0 Å². The Hall–Kier alpha value is -3.72. The Balaban J connectivity index is 1.93. The number of methoxy groups -OCH3 is 2. The van der Waals surface area contributed by atoms with Crippen molar-refractivity contribution in [3.8, 4) is 0 Å². The zero-order chi connectivity index (χ0) is 26.1. The van der Waals surface area contributed by atoms with Crippen molar-refractivity contribution < 1.29 is 33.0 Å². The molecule has 1 aromatic carbocycles. The average Bonchev–Trinajstić information content (AvgIpc) is 2.83. The van der Waals surface area contributed by atoms with E-state index in [9.17, 15) is 19.2 Å². The van der Waals surface area contributed by atoms with Crippen molar-refractivity contribution in [2.45, 2.75) is 33.1 Å². The molecule has 0 saturated carbocycles. The second-order valence-corrected chi connectivity index (χ2v) is 9.18. The van der Waals surface area contributed by atoms with Crippen LogP contribution in [0.15, 0.2) is 56.2 Å². The summed E-state index contributed by atoms with van der Waals surface area (Å²) in [5, 5.41) is 3.50. The first kappa shape index (κ1) is 25.4. The van der Waals surface area contributed by atoms with Gasteiger partial charge in [0.1, 0.15) is 18.1 Å². The van der Waals surface area contributed by atoms with Crippen molar-refractivity contribution in [1.82, 2.24) is 5.32 Å². The van der Waals surface area contributed by atoms with Gasteiger partial charge in [-0.05, 0) is 38.3 Å². The summed E-state index contributed by atoms with van der Waals surface area (Å²) in [6, 6.07) is 5.23. The Labute approximate surface area is 208 Å². The van der Waals surface area contributed by atoms with Crippen LogP contribution in [-0.2, 0) is 28.6 Å². The quantitative estimate of drug-likeness (QED) is 0.366. The number of fused-ring (bicyclic) bond motifs is 1. The molecule has 0 fully saturated rings. The minimum Gasteiger partial charge on any atom is -0.468 e. The Morgan fingerprint density at radius 3 is 2.58 bits per heavy atom. The molecule has 36 heavy (non-hydrogen) atoms. The van der Waals surface area contributed by atoms with Gasteiger partial charge < -0.3 is 23.9 Å². The lowest BCUT2D eigenvalue weighted by atomic mass is 9.69. The molecule has 1 aliphatic heterocycles. The lowest BCUT2D eigenvalue weighted by Gasteiger charge is -2.37. The lowest BCUT2D eigenvalue weighted by molar-refractivity contribution is -0.151. The van der Waals surface area contributed by atoms with Gasteiger partial charge in [0.15, 0.2) is 11.2 Å². The normalized spacial score (nSPS) is 21.8. The smallest absolute Gasteiger partial charge is 0.336 e. The van der Waals surface area contributed by atoms with Gasteiger partial charge in [-0.2, -0.15) is 0 Å². The molecule has 4 rings (SSSR count). The van der Waals surface area contributed by atoms with Crippen molar-refractivity contribution in [3.63, 3.8) is 0 Å². The van der Waals surface area contributed by atoms with Crippen LogP contribution in [0.1, 0.15) is 37.3 Å². The molecule has 0 spiro atoms. The monoisotopic (exact) mass is 495 g/mol. The van der Waals surface area contributed by atoms with E-state index in [1.165, 1.54) is 20.5 Å².